The van der Waals surface area contributed by atoms with E-state index in [4.69, 9.17) is 0 Å². The van der Waals surface area contributed by atoms with Crippen LogP contribution in [0, 0.1) is 23.5 Å². The molecule has 1 aromatic carbocycles. The molecule has 5 rings (SSSR count). The summed E-state index contributed by atoms with van der Waals surface area (Å²) >= 11 is 0. The summed E-state index contributed by atoms with van der Waals surface area (Å²) < 4.78 is 26.8. The zero-order valence-electron chi connectivity index (χ0n) is 17.8. The number of piperidine rings is 3. The van der Waals surface area contributed by atoms with Crippen LogP contribution in [-0.2, 0) is 11.3 Å². The predicted molar refractivity (Wildman–Crippen MR) is 115 cm³/mol. The Morgan fingerprint density at radius 2 is 2.03 bits per heavy atom. The van der Waals surface area contributed by atoms with Crippen LogP contribution in [0.25, 0.3) is 0 Å². The average molecular weight is 440 g/mol. The molecule has 1 aromatic heterocycles. The van der Waals surface area contributed by atoms with Crippen molar-refractivity contribution in [2.45, 2.75) is 38.3 Å². The molecule has 2 unspecified atom stereocenters. The minimum absolute atomic E-state index is 0.0290. The van der Waals surface area contributed by atoms with Gasteiger partial charge in [0.2, 0.25) is 5.91 Å². The number of fused-ring (bicyclic) bond motifs is 4. The number of amides is 2. The van der Waals surface area contributed by atoms with Gasteiger partial charge in [-0.3, -0.25) is 9.59 Å². The largest absolute Gasteiger partial charge is 0.356 e. The van der Waals surface area contributed by atoms with Crippen LogP contribution < -0.4 is 10.2 Å². The molecule has 3 aliphatic rings. The Labute approximate surface area is 185 Å². The molecular weight excluding hydrogens is 414 g/mol. The number of carbonyl (C=O) groups is 2. The molecule has 3 fully saturated rings. The molecule has 0 radical (unpaired) electrons. The van der Waals surface area contributed by atoms with Gasteiger partial charge in [0.05, 0.1) is 5.56 Å². The second kappa shape index (κ2) is 8.48. The number of benzene rings is 1. The number of aromatic nitrogens is 1. The van der Waals surface area contributed by atoms with Gasteiger partial charge in [-0.05, 0) is 49.3 Å². The van der Waals surface area contributed by atoms with E-state index in [9.17, 15) is 18.4 Å². The third-order valence-electron chi connectivity index (χ3n) is 6.97. The highest BCUT2D eigenvalue weighted by Crippen LogP contribution is 2.38. The van der Waals surface area contributed by atoms with E-state index >= 15 is 0 Å². The van der Waals surface area contributed by atoms with Crippen molar-refractivity contribution in [1.29, 1.82) is 0 Å². The van der Waals surface area contributed by atoms with E-state index in [2.05, 4.69) is 20.1 Å². The number of nitrogens with one attached hydrogen (secondary N) is 1. The van der Waals surface area contributed by atoms with Gasteiger partial charge >= 0.3 is 0 Å². The van der Waals surface area contributed by atoms with Crippen LogP contribution in [0.5, 0.6) is 0 Å². The molecule has 32 heavy (non-hydrogen) atoms. The Hall–Kier alpha value is -3.03. The SMILES string of the molecule is O=C(NCc1ccc(F)cc1F)c1ccc(N2CC3CC(C2)[C@H]2CCCC(=O)N2C3)nc1. The number of pyridine rings is 1. The van der Waals surface area contributed by atoms with Gasteiger partial charge in [0.1, 0.15) is 17.5 Å². The first kappa shape index (κ1) is 20.8. The minimum Gasteiger partial charge on any atom is -0.356 e. The maximum Gasteiger partial charge on any atom is 0.253 e. The van der Waals surface area contributed by atoms with E-state index in [1.165, 1.54) is 12.3 Å². The molecule has 1 N–H and O–H groups in total. The van der Waals surface area contributed by atoms with Crippen LogP contribution in [0.2, 0.25) is 0 Å². The monoisotopic (exact) mass is 440 g/mol. The molecule has 3 saturated heterocycles. The lowest BCUT2D eigenvalue weighted by molar-refractivity contribution is -0.142. The molecule has 6 nitrogen and oxygen atoms in total. The van der Waals surface area contributed by atoms with Crippen LogP contribution in [-0.4, -0.2) is 47.4 Å². The van der Waals surface area contributed by atoms with Crippen LogP contribution in [0.15, 0.2) is 36.5 Å². The Morgan fingerprint density at radius 3 is 2.81 bits per heavy atom. The van der Waals surface area contributed by atoms with Crippen molar-refractivity contribution in [2.24, 2.45) is 11.8 Å². The average Bonchev–Trinajstić information content (AvgIpc) is 2.79. The summed E-state index contributed by atoms with van der Waals surface area (Å²) in [5.41, 5.74) is 0.608. The van der Waals surface area contributed by atoms with E-state index in [0.29, 0.717) is 35.8 Å². The Bertz CT molecular complexity index is 1030. The molecule has 3 aliphatic heterocycles. The maximum absolute atomic E-state index is 13.8. The first-order valence-corrected chi connectivity index (χ1v) is 11.2. The molecule has 2 bridgehead atoms. The summed E-state index contributed by atoms with van der Waals surface area (Å²) in [7, 11) is 0. The smallest absolute Gasteiger partial charge is 0.253 e. The van der Waals surface area contributed by atoms with Crippen LogP contribution in [0.1, 0.15) is 41.6 Å². The van der Waals surface area contributed by atoms with Crippen LogP contribution in [0.3, 0.4) is 0 Å². The van der Waals surface area contributed by atoms with E-state index in [0.717, 1.165) is 56.8 Å². The molecule has 168 valence electrons. The summed E-state index contributed by atoms with van der Waals surface area (Å²) in [5.74, 6) is 0.341. The Morgan fingerprint density at radius 1 is 1.16 bits per heavy atom. The topological polar surface area (TPSA) is 65.5 Å². The van der Waals surface area contributed by atoms with Crippen molar-refractivity contribution in [3.8, 4) is 0 Å². The highest BCUT2D eigenvalue weighted by Gasteiger charge is 2.44. The highest BCUT2D eigenvalue weighted by molar-refractivity contribution is 5.94. The maximum atomic E-state index is 13.8. The summed E-state index contributed by atoms with van der Waals surface area (Å²) in [6.45, 7) is 2.53. The number of carbonyl (C=O) groups excluding carboxylic acids is 2. The third kappa shape index (κ3) is 4.06. The number of nitrogens with zero attached hydrogens (tertiary/aromatic N) is 3. The zero-order valence-corrected chi connectivity index (χ0v) is 17.8. The Kier molecular flexibility index (Phi) is 5.53. The van der Waals surface area contributed by atoms with Crippen molar-refractivity contribution < 1.29 is 18.4 Å². The van der Waals surface area contributed by atoms with Gasteiger partial charge in [0.25, 0.3) is 5.91 Å². The second-order valence-corrected chi connectivity index (χ2v) is 9.10. The fourth-order valence-electron chi connectivity index (χ4n) is 5.45. The van der Waals surface area contributed by atoms with Gasteiger partial charge in [-0.15, -0.1) is 0 Å². The van der Waals surface area contributed by atoms with E-state index in [-0.39, 0.29) is 18.0 Å². The molecule has 4 heterocycles. The third-order valence-corrected chi connectivity index (χ3v) is 6.97. The first-order valence-electron chi connectivity index (χ1n) is 11.2. The zero-order chi connectivity index (χ0) is 22.2. The second-order valence-electron chi connectivity index (χ2n) is 9.10. The molecule has 2 amide bonds. The number of anilines is 1. The molecule has 8 heteroatoms. The van der Waals surface area contributed by atoms with Crippen molar-refractivity contribution in [3.05, 3.63) is 59.3 Å². The molecule has 2 aromatic rings. The number of hydrogen-bond acceptors (Lipinski definition) is 4. The highest BCUT2D eigenvalue weighted by atomic mass is 19.1. The standard InChI is InChI=1S/C24H26F2N4O2/c25-19-6-4-16(20(26)9-19)10-28-24(32)17-5-7-22(27-11-17)29-12-15-8-18(14-29)21-2-1-3-23(31)30(21)13-15/h4-7,9,11,15,18,21H,1-3,8,10,12-14H2,(H,28,32)/t15?,18?,21-/m1/s1. The van der Waals surface area contributed by atoms with Crippen LogP contribution >= 0.6 is 0 Å². The molecular formula is C24H26F2N4O2. The predicted octanol–water partition coefficient (Wildman–Crippen LogP) is 3.13. The Balaban J connectivity index is 1.22. The quantitative estimate of drug-likeness (QED) is 0.794. The van der Waals surface area contributed by atoms with Gasteiger partial charge in [0.15, 0.2) is 0 Å². The van der Waals surface area contributed by atoms with Crippen molar-refractivity contribution in [1.82, 2.24) is 15.2 Å². The van der Waals surface area contributed by atoms with E-state index < -0.39 is 11.6 Å². The summed E-state index contributed by atoms with van der Waals surface area (Å²) in [6.07, 6.45) is 5.43. The van der Waals surface area contributed by atoms with Gasteiger partial charge in [0, 0.05) is 56.5 Å². The van der Waals surface area contributed by atoms with Crippen molar-refractivity contribution in [3.63, 3.8) is 0 Å². The lowest BCUT2D eigenvalue weighted by Gasteiger charge is -2.52. The number of rotatable bonds is 4. The number of halogens is 2. The van der Waals surface area contributed by atoms with Crippen molar-refractivity contribution >= 4 is 17.6 Å². The van der Waals surface area contributed by atoms with Gasteiger partial charge in [-0.1, -0.05) is 6.07 Å². The molecule has 3 atom stereocenters. The van der Waals surface area contributed by atoms with Gasteiger partial charge < -0.3 is 15.1 Å². The van der Waals surface area contributed by atoms with Crippen molar-refractivity contribution in [2.75, 3.05) is 24.5 Å². The van der Waals surface area contributed by atoms with Gasteiger partial charge in [-0.25, -0.2) is 13.8 Å². The van der Waals surface area contributed by atoms with Crippen LogP contribution in [0.4, 0.5) is 14.6 Å². The normalized spacial score (nSPS) is 24.8. The first-order chi connectivity index (χ1) is 15.5. The van der Waals surface area contributed by atoms with Gasteiger partial charge in [-0.2, -0.15) is 0 Å². The number of hydrogen-bond donors (Lipinski definition) is 1. The summed E-state index contributed by atoms with van der Waals surface area (Å²) in [6, 6.07) is 7.19. The molecule has 0 saturated carbocycles. The summed E-state index contributed by atoms with van der Waals surface area (Å²) in [5, 5.41) is 2.65. The fourth-order valence-corrected chi connectivity index (χ4v) is 5.45. The minimum atomic E-state index is -0.687. The fraction of sp³-hybridized carbons (Fsp3) is 0.458. The van der Waals surface area contributed by atoms with E-state index in [1.807, 2.05) is 6.07 Å². The lowest BCUT2D eigenvalue weighted by atomic mass is 9.76. The molecule has 0 aliphatic carbocycles. The van der Waals surface area contributed by atoms with E-state index in [1.54, 1.807) is 6.07 Å². The molecule has 0 spiro atoms. The summed E-state index contributed by atoms with van der Waals surface area (Å²) in [4.78, 5) is 33.6. The lowest BCUT2D eigenvalue weighted by Crippen LogP contribution is -2.60.